The lowest BCUT2D eigenvalue weighted by Gasteiger charge is -2.24. The van der Waals surface area contributed by atoms with Crippen LogP contribution in [-0.2, 0) is 35.5 Å². The number of hydrogen-bond acceptors (Lipinski definition) is 5. The summed E-state index contributed by atoms with van der Waals surface area (Å²) in [5.41, 5.74) is 9.97. The molecule has 0 saturated carbocycles. The third-order valence-corrected chi connectivity index (χ3v) is 7.25. The van der Waals surface area contributed by atoms with E-state index in [0.29, 0.717) is 38.1 Å². The van der Waals surface area contributed by atoms with E-state index in [4.69, 9.17) is 10.5 Å². The van der Waals surface area contributed by atoms with E-state index in [1.54, 1.807) is 24.3 Å². The second kappa shape index (κ2) is 16.6. The van der Waals surface area contributed by atoms with Gasteiger partial charge in [0.15, 0.2) is 0 Å². The smallest absolute Gasteiger partial charge is 0.251 e. The number of carbonyl (C=O) groups excluding carboxylic acids is 3. The van der Waals surface area contributed by atoms with E-state index in [-0.39, 0.29) is 18.2 Å². The van der Waals surface area contributed by atoms with E-state index < -0.39 is 18.0 Å². The monoisotopic (exact) mass is 592 g/mol. The number of nitrogens with one attached hydrogen (secondary N) is 3. The third-order valence-electron chi connectivity index (χ3n) is 7.25. The van der Waals surface area contributed by atoms with Gasteiger partial charge in [0.25, 0.3) is 5.91 Å². The summed E-state index contributed by atoms with van der Waals surface area (Å²) in [5, 5.41) is 8.79. The minimum atomic E-state index is -0.920. The number of carbonyl (C=O) groups is 3. The van der Waals surface area contributed by atoms with Crippen LogP contribution in [0.15, 0.2) is 109 Å². The molecule has 4 rings (SSSR count). The molecule has 44 heavy (non-hydrogen) atoms. The van der Waals surface area contributed by atoms with Gasteiger partial charge in [-0.2, -0.15) is 0 Å². The molecule has 4 aromatic rings. The SMILES string of the molecule is CCOc1ccc(CC(NC(=O)c2ccccc2)C(=O)NC(CCc2ccccc2)C(=O)NCc2ccc(CN)cc2)cc1. The molecule has 2 unspecified atom stereocenters. The summed E-state index contributed by atoms with van der Waals surface area (Å²) in [6, 6.07) is 31.9. The normalized spacial score (nSPS) is 12.0. The highest BCUT2D eigenvalue weighted by Gasteiger charge is 2.27. The van der Waals surface area contributed by atoms with Crippen molar-refractivity contribution in [3.8, 4) is 5.75 Å². The summed E-state index contributed by atoms with van der Waals surface area (Å²) in [6.07, 6.45) is 1.21. The third kappa shape index (κ3) is 9.81. The molecule has 228 valence electrons. The fourth-order valence-corrected chi connectivity index (χ4v) is 4.77. The molecular weight excluding hydrogens is 552 g/mol. The molecule has 2 atom stereocenters. The molecule has 4 aromatic carbocycles. The summed E-state index contributed by atoms with van der Waals surface area (Å²) >= 11 is 0. The Labute approximate surface area is 259 Å². The Balaban J connectivity index is 1.51. The summed E-state index contributed by atoms with van der Waals surface area (Å²) < 4.78 is 5.55. The van der Waals surface area contributed by atoms with E-state index in [0.717, 1.165) is 28.0 Å². The maximum absolute atomic E-state index is 13.8. The van der Waals surface area contributed by atoms with Gasteiger partial charge in [-0.3, -0.25) is 14.4 Å². The van der Waals surface area contributed by atoms with E-state index in [2.05, 4.69) is 16.0 Å². The Morgan fingerprint density at radius 2 is 1.30 bits per heavy atom. The zero-order valence-corrected chi connectivity index (χ0v) is 25.0. The minimum Gasteiger partial charge on any atom is -0.494 e. The van der Waals surface area contributed by atoms with Crippen LogP contribution in [0.1, 0.15) is 46.0 Å². The van der Waals surface area contributed by atoms with Gasteiger partial charge in [0.1, 0.15) is 17.8 Å². The first-order valence-corrected chi connectivity index (χ1v) is 14.9. The van der Waals surface area contributed by atoms with Gasteiger partial charge in [-0.1, -0.05) is 84.9 Å². The molecule has 0 fully saturated rings. The molecular formula is C36H40N4O4. The molecule has 0 aliphatic carbocycles. The van der Waals surface area contributed by atoms with Crippen LogP contribution in [0, 0.1) is 0 Å². The van der Waals surface area contributed by atoms with Gasteiger partial charge in [-0.05, 0) is 66.3 Å². The van der Waals surface area contributed by atoms with E-state index in [1.165, 1.54) is 0 Å². The average molecular weight is 593 g/mol. The predicted octanol–water partition coefficient (Wildman–Crippen LogP) is 4.32. The Kier molecular flexibility index (Phi) is 12.1. The topological polar surface area (TPSA) is 123 Å². The molecule has 0 spiro atoms. The van der Waals surface area contributed by atoms with Crippen molar-refractivity contribution in [1.82, 2.24) is 16.0 Å². The fourth-order valence-electron chi connectivity index (χ4n) is 4.77. The molecule has 0 heterocycles. The highest BCUT2D eigenvalue weighted by molar-refractivity contribution is 5.98. The molecule has 0 bridgehead atoms. The van der Waals surface area contributed by atoms with Crippen LogP contribution in [0.25, 0.3) is 0 Å². The van der Waals surface area contributed by atoms with E-state index in [9.17, 15) is 14.4 Å². The second-order valence-electron chi connectivity index (χ2n) is 10.5. The summed E-state index contributed by atoms with van der Waals surface area (Å²) in [6.45, 7) is 3.21. The molecule has 8 nitrogen and oxygen atoms in total. The first kappa shape index (κ1) is 32.0. The van der Waals surface area contributed by atoms with Gasteiger partial charge in [0.2, 0.25) is 11.8 Å². The zero-order valence-electron chi connectivity index (χ0n) is 25.0. The maximum Gasteiger partial charge on any atom is 0.251 e. The van der Waals surface area contributed by atoms with Crippen molar-refractivity contribution in [3.05, 3.63) is 137 Å². The van der Waals surface area contributed by atoms with Crippen LogP contribution in [0.3, 0.4) is 0 Å². The summed E-state index contributed by atoms with van der Waals surface area (Å²) in [7, 11) is 0. The van der Waals surface area contributed by atoms with Crippen LogP contribution < -0.4 is 26.4 Å². The lowest BCUT2D eigenvalue weighted by atomic mass is 10.0. The number of ether oxygens (including phenoxy) is 1. The number of hydrogen-bond donors (Lipinski definition) is 4. The maximum atomic E-state index is 13.8. The first-order chi connectivity index (χ1) is 21.4. The van der Waals surface area contributed by atoms with E-state index >= 15 is 0 Å². The molecule has 3 amide bonds. The van der Waals surface area contributed by atoms with Crippen molar-refractivity contribution in [3.63, 3.8) is 0 Å². The first-order valence-electron chi connectivity index (χ1n) is 14.9. The minimum absolute atomic E-state index is 0.233. The highest BCUT2D eigenvalue weighted by Crippen LogP contribution is 2.15. The van der Waals surface area contributed by atoms with Crippen molar-refractivity contribution in [2.45, 2.75) is 51.4 Å². The Bertz CT molecular complexity index is 1480. The van der Waals surface area contributed by atoms with Gasteiger partial charge < -0.3 is 26.4 Å². The number of aryl methyl sites for hydroxylation is 1. The van der Waals surface area contributed by atoms with Gasteiger partial charge >= 0.3 is 0 Å². The summed E-state index contributed by atoms with van der Waals surface area (Å²) in [5.74, 6) is -0.390. The van der Waals surface area contributed by atoms with Gasteiger partial charge in [-0.15, -0.1) is 0 Å². The lowest BCUT2D eigenvalue weighted by Crippen LogP contribution is -2.54. The van der Waals surface area contributed by atoms with Crippen LogP contribution in [0.4, 0.5) is 0 Å². The Morgan fingerprint density at radius 1 is 0.682 bits per heavy atom. The molecule has 0 radical (unpaired) electrons. The zero-order chi connectivity index (χ0) is 31.1. The molecule has 0 aliphatic heterocycles. The van der Waals surface area contributed by atoms with Gasteiger partial charge in [0, 0.05) is 25.1 Å². The number of rotatable bonds is 15. The summed E-state index contributed by atoms with van der Waals surface area (Å²) in [4.78, 5) is 40.4. The molecule has 0 aliphatic rings. The van der Waals surface area contributed by atoms with Crippen molar-refractivity contribution in [1.29, 1.82) is 0 Å². The Hall–Kier alpha value is -4.95. The predicted molar refractivity (Wildman–Crippen MR) is 172 cm³/mol. The lowest BCUT2D eigenvalue weighted by molar-refractivity contribution is -0.130. The Morgan fingerprint density at radius 3 is 1.93 bits per heavy atom. The van der Waals surface area contributed by atoms with Crippen LogP contribution in [-0.4, -0.2) is 36.4 Å². The van der Waals surface area contributed by atoms with Gasteiger partial charge in [0.05, 0.1) is 6.61 Å². The largest absolute Gasteiger partial charge is 0.494 e. The van der Waals surface area contributed by atoms with Crippen molar-refractivity contribution in [2.75, 3.05) is 6.61 Å². The fraction of sp³-hybridized carbons (Fsp3) is 0.250. The number of amides is 3. The van der Waals surface area contributed by atoms with Crippen molar-refractivity contribution < 1.29 is 19.1 Å². The average Bonchev–Trinajstić information content (AvgIpc) is 3.07. The van der Waals surface area contributed by atoms with Gasteiger partial charge in [-0.25, -0.2) is 0 Å². The van der Waals surface area contributed by atoms with Crippen LogP contribution in [0.5, 0.6) is 5.75 Å². The molecule has 0 saturated heterocycles. The number of benzene rings is 4. The molecule has 0 aromatic heterocycles. The van der Waals surface area contributed by atoms with Crippen LogP contribution >= 0.6 is 0 Å². The second-order valence-corrected chi connectivity index (χ2v) is 10.5. The molecule has 5 N–H and O–H groups in total. The van der Waals surface area contributed by atoms with Crippen molar-refractivity contribution in [2.24, 2.45) is 5.73 Å². The quantitative estimate of drug-likeness (QED) is 0.164. The van der Waals surface area contributed by atoms with Crippen LogP contribution in [0.2, 0.25) is 0 Å². The van der Waals surface area contributed by atoms with E-state index in [1.807, 2.05) is 91.9 Å². The standard InChI is InChI=1S/C36H40N4O4/c1-2-44-31-20-17-27(18-21-31)23-33(40-34(41)30-11-7-4-8-12-30)36(43)39-32(22-19-26-9-5-3-6-10-26)35(42)38-25-29-15-13-28(24-37)14-16-29/h3-18,20-21,32-33H,2,19,22-25,37H2,1H3,(H,38,42)(H,39,43)(H,40,41). The van der Waals surface area contributed by atoms with Crippen molar-refractivity contribution >= 4 is 17.7 Å². The molecule has 8 heteroatoms. The highest BCUT2D eigenvalue weighted by atomic mass is 16.5. The number of nitrogens with two attached hydrogens (primary N) is 1.